The van der Waals surface area contributed by atoms with Crippen molar-refractivity contribution in [3.05, 3.63) is 0 Å². The molecule has 0 radical (unpaired) electrons. The molecule has 0 saturated heterocycles. The van der Waals surface area contributed by atoms with Crippen LogP contribution in [0.2, 0.25) is 0 Å². The minimum atomic E-state index is 0.569. The lowest BCUT2D eigenvalue weighted by atomic mass is 9.85. The van der Waals surface area contributed by atoms with E-state index in [4.69, 9.17) is 4.74 Å². The van der Waals surface area contributed by atoms with Gasteiger partial charge in [0.25, 0.3) is 0 Å². The summed E-state index contributed by atoms with van der Waals surface area (Å²) in [5.74, 6) is 1.95. The van der Waals surface area contributed by atoms with Gasteiger partial charge in [-0.3, -0.25) is 0 Å². The lowest BCUT2D eigenvalue weighted by molar-refractivity contribution is 0.0108. The molecule has 0 heterocycles. The Morgan fingerprint density at radius 1 is 1.20 bits per heavy atom. The van der Waals surface area contributed by atoms with Gasteiger partial charge in [-0.15, -0.1) is 0 Å². The predicted molar refractivity (Wildman–Crippen MR) is 69.7 cm³/mol. The normalized spacial score (nSPS) is 26.8. The largest absolute Gasteiger partial charge is 0.378 e. The van der Waals surface area contributed by atoms with E-state index in [9.17, 15) is 0 Å². The van der Waals surface area contributed by atoms with E-state index in [-0.39, 0.29) is 0 Å². The van der Waals surface area contributed by atoms with E-state index < -0.39 is 0 Å². The van der Waals surface area contributed by atoms with Gasteiger partial charge >= 0.3 is 0 Å². The Labute approximate surface area is 100 Å². The minimum Gasteiger partial charge on any atom is -0.378 e. The maximum atomic E-state index is 5.94. The molecule has 0 amide bonds. The highest BCUT2D eigenvalue weighted by Crippen LogP contribution is 2.28. The molecule has 0 spiro atoms. The van der Waals surface area contributed by atoms with E-state index in [1.54, 1.807) is 0 Å². The zero-order valence-electron chi connectivity index (χ0n) is 10.1. The molecule has 0 bridgehead atoms. The van der Waals surface area contributed by atoms with Crippen LogP contribution in [0.25, 0.3) is 0 Å². The van der Waals surface area contributed by atoms with Crippen LogP contribution >= 0.6 is 12.6 Å². The molecular weight excluding hydrogens is 204 g/mol. The van der Waals surface area contributed by atoms with Crippen LogP contribution < -0.4 is 0 Å². The molecule has 2 unspecified atom stereocenters. The van der Waals surface area contributed by atoms with E-state index >= 15 is 0 Å². The summed E-state index contributed by atoms with van der Waals surface area (Å²) in [5.41, 5.74) is 0. The van der Waals surface area contributed by atoms with E-state index in [1.165, 1.54) is 51.4 Å². The third-order valence-corrected chi connectivity index (χ3v) is 3.78. The maximum Gasteiger partial charge on any atom is 0.0577 e. The highest BCUT2D eigenvalue weighted by atomic mass is 32.1. The van der Waals surface area contributed by atoms with Gasteiger partial charge in [-0.2, -0.15) is 12.6 Å². The summed E-state index contributed by atoms with van der Waals surface area (Å²) in [6, 6.07) is 0. The predicted octanol–water partition coefficient (Wildman–Crippen LogP) is 4.07. The number of rotatable bonds is 7. The van der Waals surface area contributed by atoms with E-state index in [2.05, 4.69) is 19.6 Å². The Hall–Kier alpha value is 0.310. The average Bonchev–Trinajstić information content (AvgIpc) is 2.29. The van der Waals surface area contributed by atoms with Gasteiger partial charge in [0.2, 0.25) is 0 Å². The fraction of sp³-hybridized carbons (Fsp3) is 1.00. The van der Waals surface area contributed by atoms with Gasteiger partial charge in [0.1, 0.15) is 0 Å². The van der Waals surface area contributed by atoms with E-state index in [0.717, 1.165) is 18.3 Å². The monoisotopic (exact) mass is 230 g/mol. The number of hydrogen-bond acceptors (Lipinski definition) is 2. The van der Waals surface area contributed by atoms with Gasteiger partial charge < -0.3 is 4.74 Å². The van der Waals surface area contributed by atoms with Crippen molar-refractivity contribution in [2.75, 3.05) is 12.4 Å². The van der Waals surface area contributed by atoms with Gasteiger partial charge in [-0.1, -0.05) is 32.6 Å². The first-order valence-electron chi connectivity index (χ1n) is 6.59. The smallest absolute Gasteiger partial charge is 0.0577 e. The first-order valence-corrected chi connectivity index (χ1v) is 7.22. The standard InChI is InChI=1S/C13H26OS/c1-2-12-7-6-8-13(11-12)14-9-4-3-5-10-15/h12-13,15H,2-11H2,1H3. The van der Waals surface area contributed by atoms with Crippen LogP contribution in [-0.4, -0.2) is 18.5 Å². The summed E-state index contributed by atoms with van der Waals surface area (Å²) in [6.45, 7) is 3.27. The van der Waals surface area contributed by atoms with Gasteiger partial charge in [0, 0.05) is 6.61 Å². The average molecular weight is 230 g/mol. The van der Waals surface area contributed by atoms with Crippen molar-refractivity contribution in [3.8, 4) is 0 Å². The highest BCUT2D eigenvalue weighted by Gasteiger charge is 2.20. The molecule has 1 aliphatic rings. The van der Waals surface area contributed by atoms with Gasteiger partial charge in [-0.25, -0.2) is 0 Å². The zero-order chi connectivity index (χ0) is 10.9. The Morgan fingerprint density at radius 3 is 2.80 bits per heavy atom. The zero-order valence-corrected chi connectivity index (χ0v) is 11.0. The first-order chi connectivity index (χ1) is 7.36. The minimum absolute atomic E-state index is 0.569. The number of hydrogen-bond donors (Lipinski definition) is 1. The third-order valence-electron chi connectivity index (χ3n) is 3.47. The van der Waals surface area contributed by atoms with Crippen molar-refractivity contribution < 1.29 is 4.74 Å². The molecule has 90 valence electrons. The fourth-order valence-corrected chi connectivity index (χ4v) is 2.63. The Bertz CT molecular complexity index is 149. The van der Waals surface area contributed by atoms with Crippen molar-refractivity contribution in [1.82, 2.24) is 0 Å². The highest BCUT2D eigenvalue weighted by molar-refractivity contribution is 7.80. The second kappa shape index (κ2) is 8.46. The molecule has 0 aromatic rings. The number of ether oxygens (including phenoxy) is 1. The molecule has 0 aliphatic heterocycles. The van der Waals surface area contributed by atoms with E-state index in [0.29, 0.717) is 6.10 Å². The van der Waals surface area contributed by atoms with Crippen molar-refractivity contribution in [2.24, 2.45) is 5.92 Å². The molecule has 2 atom stereocenters. The van der Waals surface area contributed by atoms with E-state index in [1.807, 2.05) is 0 Å². The summed E-state index contributed by atoms with van der Waals surface area (Å²) < 4.78 is 5.94. The fourth-order valence-electron chi connectivity index (χ4n) is 2.40. The number of unbranched alkanes of at least 4 members (excludes halogenated alkanes) is 2. The molecule has 15 heavy (non-hydrogen) atoms. The molecule has 1 rings (SSSR count). The van der Waals surface area contributed by atoms with Crippen LogP contribution in [-0.2, 0) is 4.74 Å². The second-order valence-electron chi connectivity index (χ2n) is 4.72. The SMILES string of the molecule is CCC1CCCC(OCCCCCS)C1. The van der Waals surface area contributed by atoms with Crippen LogP contribution in [0, 0.1) is 5.92 Å². The van der Waals surface area contributed by atoms with Gasteiger partial charge in [0.15, 0.2) is 0 Å². The Kier molecular flexibility index (Phi) is 7.54. The van der Waals surface area contributed by atoms with Crippen molar-refractivity contribution >= 4 is 12.6 Å². The van der Waals surface area contributed by atoms with Crippen LogP contribution in [0.1, 0.15) is 58.3 Å². The van der Waals surface area contributed by atoms with Crippen LogP contribution in [0.5, 0.6) is 0 Å². The Balaban J connectivity index is 2.00. The molecule has 1 aliphatic carbocycles. The van der Waals surface area contributed by atoms with Crippen molar-refractivity contribution in [3.63, 3.8) is 0 Å². The summed E-state index contributed by atoms with van der Waals surface area (Å²) in [7, 11) is 0. The molecule has 1 fully saturated rings. The lowest BCUT2D eigenvalue weighted by Gasteiger charge is -2.28. The molecule has 0 aromatic carbocycles. The molecule has 0 N–H and O–H groups in total. The quantitative estimate of drug-likeness (QED) is 0.512. The Morgan fingerprint density at radius 2 is 2.07 bits per heavy atom. The van der Waals surface area contributed by atoms with Crippen molar-refractivity contribution in [1.29, 1.82) is 0 Å². The first kappa shape index (κ1) is 13.4. The van der Waals surface area contributed by atoms with Crippen molar-refractivity contribution in [2.45, 2.75) is 64.4 Å². The summed E-state index contributed by atoms with van der Waals surface area (Å²) in [6.07, 6.45) is 11.0. The topological polar surface area (TPSA) is 9.23 Å². The molecule has 1 nitrogen and oxygen atoms in total. The number of thiol groups is 1. The van der Waals surface area contributed by atoms with Crippen LogP contribution in [0.4, 0.5) is 0 Å². The second-order valence-corrected chi connectivity index (χ2v) is 5.17. The van der Waals surface area contributed by atoms with Crippen LogP contribution in [0.3, 0.4) is 0 Å². The summed E-state index contributed by atoms with van der Waals surface area (Å²) in [4.78, 5) is 0. The summed E-state index contributed by atoms with van der Waals surface area (Å²) in [5, 5.41) is 0. The lowest BCUT2D eigenvalue weighted by Crippen LogP contribution is -2.23. The summed E-state index contributed by atoms with van der Waals surface area (Å²) >= 11 is 4.21. The van der Waals surface area contributed by atoms with Gasteiger partial charge in [0.05, 0.1) is 6.10 Å². The maximum absolute atomic E-state index is 5.94. The molecule has 1 saturated carbocycles. The molecule has 2 heteroatoms. The molecular formula is C13H26OS. The third kappa shape index (κ3) is 5.82. The van der Waals surface area contributed by atoms with Gasteiger partial charge in [-0.05, 0) is 37.4 Å². The molecule has 0 aromatic heterocycles. The van der Waals surface area contributed by atoms with Crippen LogP contribution in [0.15, 0.2) is 0 Å².